The lowest BCUT2D eigenvalue weighted by molar-refractivity contribution is -0.142. The molecule has 0 amide bonds. The Labute approximate surface area is 220 Å². The van der Waals surface area contributed by atoms with Gasteiger partial charge in [0.25, 0.3) is 0 Å². The molecule has 0 atom stereocenters. The van der Waals surface area contributed by atoms with E-state index >= 15 is 4.39 Å². The van der Waals surface area contributed by atoms with Crippen LogP contribution in [-0.2, 0) is 6.18 Å². The fourth-order valence-corrected chi connectivity index (χ4v) is 5.29. The minimum Gasteiger partial charge on any atom is -0.206 e. The molecule has 0 radical (unpaired) electrons. The minimum absolute atomic E-state index is 0.0275. The monoisotopic (exact) mass is 556 g/mol. The highest BCUT2D eigenvalue weighted by atomic mass is 19.4. The number of hydrogen-bond donors (Lipinski definition) is 0. The molecule has 4 rings (SSSR count). The highest BCUT2D eigenvalue weighted by Gasteiger charge is 2.38. The lowest BCUT2D eigenvalue weighted by atomic mass is 9.77. The van der Waals surface area contributed by atoms with Crippen LogP contribution in [-0.4, -0.2) is 0 Å². The SMILES string of the molecule is CCCC1CCC(c2ccc(-c3ccc(/C(F)=C(\F)c4cc(F)c(C(F)(F)F)c(F)c4)c(F)c3)c(F)c2)CC1. The average molecular weight is 557 g/mol. The van der Waals surface area contributed by atoms with Crippen LogP contribution >= 0.6 is 0 Å². The van der Waals surface area contributed by atoms with Crippen molar-refractivity contribution < 1.29 is 39.5 Å². The molecule has 0 aromatic heterocycles. The van der Waals surface area contributed by atoms with E-state index in [1.54, 1.807) is 6.07 Å². The number of halogens is 9. The van der Waals surface area contributed by atoms with Crippen molar-refractivity contribution in [3.8, 4) is 11.1 Å². The van der Waals surface area contributed by atoms with Crippen LogP contribution in [0.15, 0.2) is 48.5 Å². The normalized spacial score (nSPS) is 18.7. The molecule has 0 unspecified atom stereocenters. The summed E-state index contributed by atoms with van der Waals surface area (Å²) in [5.41, 5.74) is -3.45. The van der Waals surface area contributed by atoms with E-state index in [0.717, 1.165) is 55.9 Å². The van der Waals surface area contributed by atoms with Gasteiger partial charge in [-0.25, -0.2) is 26.3 Å². The third-order valence-electron chi connectivity index (χ3n) is 7.30. The summed E-state index contributed by atoms with van der Waals surface area (Å²) in [5, 5.41) is 0. The van der Waals surface area contributed by atoms with E-state index in [-0.39, 0.29) is 29.2 Å². The van der Waals surface area contributed by atoms with E-state index in [0.29, 0.717) is 5.92 Å². The molecular formula is C30H25F9. The zero-order valence-corrected chi connectivity index (χ0v) is 20.9. The van der Waals surface area contributed by atoms with Crippen molar-refractivity contribution in [3.63, 3.8) is 0 Å². The molecule has 0 heterocycles. The maximum absolute atomic E-state index is 15.0. The van der Waals surface area contributed by atoms with Gasteiger partial charge in [0.1, 0.15) is 28.8 Å². The topological polar surface area (TPSA) is 0 Å². The van der Waals surface area contributed by atoms with Crippen LogP contribution < -0.4 is 0 Å². The summed E-state index contributed by atoms with van der Waals surface area (Å²) >= 11 is 0. The van der Waals surface area contributed by atoms with Gasteiger partial charge in [-0.3, -0.25) is 0 Å². The van der Waals surface area contributed by atoms with Gasteiger partial charge in [-0.15, -0.1) is 0 Å². The molecule has 1 saturated carbocycles. The first-order valence-corrected chi connectivity index (χ1v) is 12.6. The lowest BCUT2D eigenvalue weighted by Gasteiger charge is -2.28. The van der Waals surface area contributed by atoms with Gasteiger partial charge in [0.05, 0.1) is 0 Å². The summed E-state index contributed by atoms with van der Waals surface area (Å²) < 4.78 is 125. The van der Waals surface area contributed by atoms with Gasteiger partial charge in [-0.2, -0.15) is 13.2 Å². The van der Waals surface area contributed by atoms with E-state index in [4.69, 9.17) is 0 Å². The van der Waals surface area contributed by atoms with Crippen LogP contribution in [0.1, 0.15) is 73.6 Å². The molecule has 3 aromatic carbocycles. The van der Waals surface area contributed by atoms with E-state index in [9.17, 15) is 35.1 Å². The van der Waals surface area contributed by atoms with Gasteiger partial charge in [-0.1, -0.05) is 38.0 Å². The molecule has 1 fully saturated rings. The summed E-state index contributed by atoms with van der Waals surface area (Å²) in [6, 6.07) is 7.36. The summed E-state index contributed by atoms with van der Waals surface area (Å²) in [6.45, 7) is 2.15. The third kappa shape index (κ3) is 6.17. The number of hydrogen-bond acceptors (Lipinski definition) is 0. The standard InChI is InChI=1S/C30H25F9/c1-2-3-16-4-6-17(7-5-16)18-8-10-21(23(31)12-18)19-9-11-22(24(32)13-19)29(36)28(35)20-14-25(33)27(26(34)15-20)30(37,38)39/h8-17H,2-7H2,1H3/b29-28+. The molecule has 1 aliphatic rings. The summed E-state index contributed by atoms with van der Waals surface area (Å²) in [6.07, 6.45) is 0.986. The minimum atomic E-state index is -5.39. The highest BCUT2D eigenvalue weighted by Crippen LogP contribution is 2.40. The second-order valence-electron chi connectivity index (χ2n) is 9.88. The molecule has 0 saturated heterocycles. The first kappa shape index (κ1) is 28.8. The molecule has 9 heteroatoms. The quantitative estimate of drug-likeness (QED) is 0.209. The second kappa shape index (κ2) is 11.5. The predicted molar refractivity (Wildman–Crippen MR) is 132 cm³/mol. The summed E-state index contributed by atoms with van der Waals surface area (Å²) in [5.74, 6) is -9.13. The van der Waals surface area contributed by atoms with Crippen molar-refractivity contribution in [2.75, 3.05) is 0 Å². The van der Waals surface area contributed by atoms with Gasteiger partial charge in [0.2, 0.25) is 0 Å². The van der Waals surface area contributed by atoms with E-state index < -0.39 is 57.8 Å². The molecule has 0 N–H and O–H groups in total. The number of benzene rings is 3. The van der Waals surface area contributed by atoms with Crippen LogP contribution in [0, 0.1) is 29.2 Å². The van der Waals surface area contributed by atoms with E-state index in [2.05, 4.69) is 6.92 Å². The average Bonchev–Trinajstić information content (AvgIpc) is 2.87. The Morgan fingerprint density at radius 2 is 1.38 bits per heavy atom. The second-order valence-corrected chi connectivity index (χ2v) is 9.88. The largest absolute Gasteiger partial charge is 0.422 e. The van der Waals surface area contributed by atoms with Crippen molar-refractivity contribution in [2.45, 2.75) is 57.5 Å². The first-order valence-electron chi connectivity index (χ1n) is 12.6. The van der Waals surface area contributed by atoms with Crippen LogP contribution in [0.4, 0.5) is 39.5 Å². The van der Waals surface area contributed by atoms with Crippen LogP contribution in [0.5, 0.6) is 0 Å². The van der Waals surface area contributed by atoms with Gasteiger partial charge >= 0.3 is 6.18 Å². The first-order chi connectivity index (χ1) is 18.4. The highest BCUT2D eigenvalue weighted by molar-refractivity contribution is 5.84. The third-order valence-corrected chi connectivity index (χ3v) is 7.30. The van der Waals surface area contributed by atoms with E-state index in [1.165, 1.54) is 18.6 Å². The van der Waals surface area contributed by atoms with Crippen LogP contribution in [0.2, 0.25) is 0 Å². The molecule has 208 valence electrons. The van der Waals surface area contributed by atoms with Crippen LogP contribution in [0.25, 0.3) is 22.8 Å². The zero-order valence-electron chi connectivity index (χ0n) is 20.9. The maximum Gasteiger partial charge on any atom is 0.422 e. The number of rotatable bonds is 6. The Morgan fingerprint density at radius 1 is 0.744 bits per heavy atom. The molecule has 0 spiro atoms. The lowest BCUT2D eigenvalue weighted by Crippen LogP contribution is -2.13. The zero-order chi connectivity index (χ0) is 28.5. The fourth-order valence-electron chi connectivity index (χ4n) is 5.29. The maximum atomic E-state index is 15.0. The molecule has 1 aliphatic carbocycles. The van der Waals surface area contributed by atoms with Crippen molar-refractivity contribution in [2.24, 2.45) is 5.92 Å². The van der Waals surface area contributed by atoms with Gasteiger partial charge in [-0.05, 0) is 79.0 Å². The fraction of sp³-hybridized carbons (Fsp3) is 0.333. The van der Waals surface area contributed by atoms with E-state index in [1.807, 2.05) is 0 Å². The molecule has 0 nitrogen and oxygen atoms in total. The van der Waals surface area contributed by atoms with Gasteiger partial charge in [0.15, 0.2) is 11.7 Å². The molecule has 0 bridgehead atoms. The van der Waals surface area contributed by atoms with Gasteiger partial charge < -0.3 is 0 Å². The molecule has 39 heavy (non-hydrogen) atoms. The Bertz CT molecular complexity index is 1360. The Balaban J connectivity index is 1.58. The Morgan fingerprint density at radius 3 is 1.92 bits per heavy atom. The van der Waals surface area contributed by atoms with Crippen molar-refractivity contribution in [3.05, 3.63) is 94.1 Å². The summed E-state index contributed by atoms with van der Waals surface area (Å²) in [7, 11) is 0. The summed E-state index contributed by atoms with van der Waals surface area (Å²) in [4.78, 5) is 0. The molecule has 0 aliphatic heterocycles. The number of alkyl halides is 3. The Hall–Kier alpha value is -3.23. The predicted octanol–water partition coefficient (Wildman–Crippen LogP) is 10.8. The van der Waals surface area contributed by atoms with Crippen molar-refractivity contribution in [1.82, 2.24) is 0 Å². The Kier molecular flexibility index (Phi) is 8.47. The molecular weight excluding hydrogens is 531 g/mol. The van der Waals surface area contributed by atoms with Crippen LogP contribution in [0.3, 0.4) is 0 Å². The van der Waals surface area contributed by atoms with Crippen molar-refractivity contribution in [1.29, 1.82) is 0 Å². The molecule has 3 aromatic rings. The van der Waals surface area contributed by atoms with Crippen molar-refractivity contribution >= 4 is 11.7 Å². The smallest absolute Gasteiger partial charge is 0.206 e. The van der Waals surface area contributed by atoms with Gasteiger partial charge in [0, 0.05) is 16.7 Å².